The monoisotopic (exact) mass is 313 g/mol. The Bertz CT molecular complexity index is 435. The van der Waals surface area contributed by atoms with Gasteiger partial charge >= 0.3 is 12.1 Å². The van der Waals surface area contributed by atoms with Crippen molar-refractivity contribution in [1.29, 1.82) is 0 Å². The van der Waals surface area contributed by atoms with Gasteiger partial charge in [0.05, 0.1) is 18.2 Å². The number of hydrogen-bond donors (Lipinski definition) is 2. The number of carbonyl (C=O) groups is 2. The van der Waals surface area contributed by atoms with Crippen LogP contribution in [0.1, 0.15) is 40.0 Å². The summed E-state index contributed by atoms with van der Waals surface area (Å²) in [6.07, 6.45) is 0.840. The Morgan fingerprint density at radius 1 is 1.32 bits per heavy atom. The lowest BCUT2D eigenvalue weighted by atomic mass is 9.87. The number of aliphatic hydroxyl groups excluding tert-OH is 1. The lowest BCUT2D eigenvalue weighted by Gasteiger charge is -2.39. The Morgan fingerprint density at radius 2 is 2.00 bits per heavy atom. The predicted molar refractivity (Wildman–Crippen MR) is 81.5 cm³/mol. The summed E-state index contributed by atoms with van der Waals surface area (Å²) in [5.41, 5.74) is -0.558. The first-order chi connectivity index (χ1) is 10.2. The molecule has 1 aliphatic heterocycles. The summed E-state index contributed by atoms with van der Waals surface area (Å²) in [6.45, 7) is 6.73. The van der Waals surface area contributed by atoms with E-state index < -0.39 is 17.8 Å². The number of ether oxygens (including phenoxy) is 1. The molecular weight excluding hydrogens is 286 g/mol. The number of likely N-dealkylation sites (N-methyl/N-ethyl adjacent to an activating group) is 1. The molecule has 2 fully saturated rings. The van der Waals surface area contributed by atoms with Crippen LogP contribution in [0.2, 0.25) is 0 Å². The van der Waals surface area contributed by atoms with E-state index in [1.54, 1.807) is 16.8 Å². The van der Waals surface area contributed by atoms with Gasteiger partial charge in [-0.1, -0.05) is 0 Å². The number of urea groups is 1. The Labute approximate surface area is 131 Å². The van der Waals surface area contributed by atoms with E-state index in [4.69, 9.17) is 4.74 Å². The molecule has 1 aliphatic carbocycles. The highest BCUT2D eigenvalue weighted by atomic mass is 16.6. The molecule has 2 aliphatic rings. The number of alkyl carbamates (subject to hydrolysis) is 1. The quantitative estimate of drug-likeness (QED) is 0.801. The van der Waals surface area contributed by atoms with E-state index >= 15 is 0 Å². The van der Waals surface area contributed by atoms with Crippen molar-refractivity contribution in [2.75, 3.05) is 20.1 Å². The molecule has 22 heavy (non-hydrogen) atoms. The van der Waals surface area contributed by atoms with Gasteiger partial charge in [0.1, 0.15) is 5.60 Å². The van der Waals surface area contributed by atoms with Crippen LogP contribution in [0.5, 0.6) is 0 Å². The summed E-state index contributed by atoms with van der Waals surface area (Å²) in [6, 6.07) is -0.419. The number of hydrogen-bond acceptors (Lipinski definition) is 4. The summed E-state index contributed by atoms with van der Waals surface area (Å²) in [5, 5.41) is 12.8. The van der Waals surface area contributed by atoms with Crippen molar-refractivity contribution in [3.63, 3.8) is 0 Å². The van der Waals surface area contributed by atoms with Crippen molar-refractivity contribution >= 4 is 12.1 Å². The van der Waals surface area contributed by atoms with Crippen LogP contribution in [0.4, 0.5) is 9.59 Å². The fourth-order valence-electron chi connectivity index (χ4n) is 3.07. The zero-order chi connectivity index (χ0) is 16.5. The Hall–Kier alpha value is -1.50. The van der Waals surface area contributed by atoms with Gasteiger partial charge in [0, 0.05) is 20.1 Å². The molecule has 0 aromatic carbocycles. The molecule has 2 rings (SSSR count). The van der Waals surface area contributed by atoms with Crippen LogP contribution in [0.3, 0.4) is 0 Å². The number of amides is 3. The standard InChI is InChI=1S/C15H27N3O4/c1-15(2,3)22-13(20)16-11-6-5-10(19)9-12(11)18-8-7-17(4)14(18)21/h10-12,19H,5-9H2,1-4H3,(H,16,20). The van der Waals surface area contributed by atoms with E-state index in [0.717, 1.165) is 0 Å². The maximum Gasteiger partial charge on any atom is 0.407 e. The third kappa shape index (κ3) is 4.03. The Kier molecular flexibility index (Phi) is 4.84. The molecule has 7 nitrogen and oxygen atoms in total. The molecule has 1 heterocycles. The normalized spacial score (nSPS) is 29.7. The summed E-state index contributed by atoms with van der Waals surface area (Å²) < 4.78 is 5.30. The van der Waals surface area contributed by atoms with E-state index in [1.807, 2.05) is 20.8 Å². The van der Waals surface area contributed by atoms with E-state index in [1.165, 1.54) is 0 Å². The second kappa shape index (κ2) is 6.32. The molecule has 0 radical (unpaired) electrons. The molecule has 0 aromatic heterocycles. The molecule has 126 valence electrons. The minimum absolute atomic E-state index is 0.0462. The highest BCUT2D eigenvalue weighted by Gasteiger charge is 2.40. The first-order valence-corrected chi connectivity index (χ1v) is 7.86. The first-order valence-electron chi connectivity index (χ1n) is 7.86. The first kappa shape index (κ1) is 16.9. The average molecular weight is 313 g/mol. The summed E-state index contributed by atoms with van der Waals surface area (Å²) in [5.74, 6) is 0. The lowest BCUT2D eigenvalue weighted by molar-refractivity contribution is 0.0327. The molecule has 7 heteroatoms. The highest BCUT2D eigenvalue weighted by molar-refractivity contribution is 5.77. The van der Waals surface area contributed by atoms with Gasteiger partial charge in [-0.05, 0) is 40.0 Å². The molecule has 0 spiro atoms. The fraction of sp³-hybridized carbons (Fsp3) is 0.867. The van der Waals surface area contributed by atoms with Gasteiger partial charge in [-0.3, -0.25) is 0 Å². The van der Waals surface area contributed by atoms with Crippen molar-refractivity contribution in [3.8, 4) is 0 Å². The Balaban J connectivity index is 2.04. The predicted octanol–water partition coefficient (Wildman–Crippen LogP) is 1.16. The molecular formula is C15H27N3O4. The molecule has 0 aromatic rings. The zero-order valence-electron chi connectivity index (χ0n) is 13.8. The maximum atomic E-state index is 12.2. The van der Waals surface area contributed by atoms with Gasteiger partial charge in [0.25, 0.3) is 0 Å². The topological polar surface area (TPSA) is 82.1 Å². The van der Waals surface area contributed by atoms with Gasteiger partial charge in [-0.15, -0.1) is 0 Å². The van der Waals surface area contributed by atoms with Crippen LogP contribution in [0.25, 0.3) is 0 Å². The molecule has 3 unspecified atom stereocenters. The number of nitrogens with one attached hydrogen (secondary N) is 1. The smallest absolute Gasteiger partial charge is 0.407 e. The fourth-order valence-corrected chi connectivity index (χ4v) is 3.07. The third-order valence-corrected chi connectivity index (χ3v) is 4.14. The van der Waals surface area contributed by atoms with Crippen molar-refractivity contribution in [2.45, 2.75) is 63.8 Å². The molecule has 1 saturated carbocycles. The van der Waals surface area contributed by atoms with Gasteiger partial charge in [-0.2, -0.15) is 0 Å². The molecule has 3 amide bonds. The van der Waals surface area contributed by atoms with Crippen LogP contribution in [0, 0.1) is 0 Å². The van der Waals surface area contributed by atoms with Crippen LogP contribution in [-0.4, -0.2) is 71.0 Å². The number of nitrogens with zero attached hydrogens (tertiary/aromatic N) is 2. The third-order valence-electron chi connectivity index (χ3n) is 4.14. The van der Waals surface area contributed by atoms with Crippen LogP contribution < -0.4 is 5.32 Å². The second-order valence-corrected chi connectivity index (χ2v) is 7.18. The summed E-state index contributed by atoms with van der Waals surface area (Å²) in [7, 11) is 1.76. The summed E-state index contributed by atoms with van der Waals surface area (Å²) >= 11 is 0. The highest BCUT2D eigenvalue weighted by Crippen LogP contribution is 2.26. The SMILES string of the molecule is CN1CCN(C2CC(O)CCC2NC(=O)OC(C)(C)C)C1=O. The number of carbonyl (C=O) groups excluding carboxylic acids is 2. The van der Waals surface area contributed by atoms with E-state index in [0.29, 0.717) is 32.4 Å². The molecule has 2 N–H and O–H groups in total. The maximum absolute atomic E-state index is 12.2. The van der Waals surface area contributed by atoms with Crippen molar-refractivity contribution in [2.24, 2.45) is 0 Å². The van der Waals surface area contributed by atoms with Crippen molar-refractivity contribution in [3.05, 3.63) is 0 Å². The molecule has 0 bridgehead atoms. The minimum Gasteiger partial charge on any atom is -0.444 e. The van der Waals surface area contributed by atoms with Gasteiger partial charge in [-0.25, -0.2) is 9.59 Å². The largest absolute Gasteiger partial charge is 0.444 e. The van der Waals surface area contributed by atoms with E-state index in [2.05, 4.69) is 5.32 Å². The summed E-state index contributed by atoms with van der Waals surface area (Å²) in [4.78, 5) is 27.6. The number of aliphatic hydroxyl groups is 1. The van der Waals surface area contributed by atoms with Crippen LogP contribution in [-0.2, 0) is 4.74 Å². The number of rotatable bonds is 2. The van der Waals surface area contributed by atoms with Gasteiger partial charge in [0.15, 0.2) is 0 Å². The van der Waals surface area contributed by atoms with Gasteiger partial charge < -0.3 is 25.0 Å². The van der Waals surface area contributed by atoms with E-state index in [-0.39, 0.29) is 18.1 Å². The van der Waals surface area contributed by atoms with E-state index in [9.17, 15) is 14.7 Å². The molecule has 1 saturated heterocycles. The average Bonchev–Trinajstić information content (AvgIpc) is 2.70. The second-order valence-electron chi connectivity index (χ2n) is 7.18. The Morgan fingerprint density at radius 3 is 2.55 bits per heavy atom. The molecule has 3 atom stereocenters. The van der Waals surface area contributed by atoms with Crippen molar-refractivity contribution < 1.29 is 19.4 Å². The van der Waals surface area contributed by atoms with Gasteiger partial charge in [0.2, 0.25) is 0 Å². The minimum atomic E-state index is -0.558. The van der Waals surface area contributed by atoms with Crippen molar-refractivity contribution in [1.82, 2.24) is 15.1 Å². The lowest BCUT2D eigenvalue weighted by Crippen LogP contribution is -2.56. The van der Waals surface area contributed by atoms with Crippen LogP contribution in [0.15, 0.2) is 0 Å². The van der Waals surface area contributed by atoms with Crippen LogP contribution >= 0.6 is 0 Å². The zero-order valence-corrected chi connectivity index (χ0v) is 13.8.